The van der Waals surface area contributed by atoms with E-state index in [0.29, 0.717) is 0 Å². The molecule has 0 radical (unpaired) electrons. The molecule has 2 rings (SSSR count). The van der Waals surface area contributed by atoms with Gasteiger partial charge < -0.3 is 15.4 Å². The van der Waals surface area contributed by atoms with E-state index >= 15 is 0 Å². The van der Waals surface area contributed by atoms with Crippen LogP contribution in [0, 0.1) is 6.92 Å². The molecule has 0 aliphatic rings. The van der Waals surface area contributed by atoms with Crippen LogP contribution in [0.4, 0.5) is 17.1 Å². The first-order valence-corrected chi connectivity index (χ1v) is 5.86. The fourth-order valence-electron chi connectivity index (χ4n) is 2.02. The Morgan fingerprint density at radius 2 is 1.78 bits per heavy atom. The van der Waals surface area contributed by atoms with Crippen LogP contribution in [0.2, 0.25) is 0 Å². The lowest BCUT2D eigenvalue weighted by atomic mass is 10.1. The Kier molecular flexibility index (Phi) is 3.42. The van der Waals surface area contributed by atoms with E-state index in [-0.39, 0.29) is 0 Å². The van der Waals surface area contributed by atoms with Crippen molar-refractivity contribution in [3.8, 4) is 5.75 Å². The van der Waals surface area contributed by atoms with E-state index in [4.69, 9.17) is 10.5 Å². The zero-order chi connectivity index (χ0) is 13.1. The highest BCUT2D eigenvalue weighted by molar-refractivity contribution is 5.72. The van der Waals surface area contributed by atoms with E-state index in [9.17, 15) is 0 Å². The maximum Gasteiger partial charge on any atom is 0.142 e. The summed E-state index contributed by atoms with van der Waals surface area (Å²) >= 11 is 0. The summed E-state index contributed by atoms with van der Waals surface area (Å²) < 4.78 is 5.39. The van der Waals surface area contributed by atoms with Crippen molar-refractivity contribution in [3.05, 3.63) is 48.0 Å². The van der Waals surface area contributed by atoms with Gasteiger partial charge in [0.05, 0.1) is 12.8 Å². The van der Waals surface area contributed by atoms with Gasteiger partial charge in [-0.2, -0.15) is 0 Å². The quantitative estimate of drug-likeness (QED) is 0.839. The summed E-state index contributed by atoms with van der Waals surface area (Å²) in [5.41, 5.74) is 9.90. The lowest BCUT2D eigenvalue weighted by molar-refractivity contribution is 0.415. The summed E-state index contributed by atoms with van der Waals surface area (Å²) in [5.74, 6) is 0.849. The molecule has 0 aliphatic heterocycles. The first-order valence-electron chi connectivity index (χ1n) is 5.86. The first-order chi connectivity index (χ1) is 8.63. The van der Waals surface area contributed by atoms with Crippen molar-refractivity contribution < 1.29 is 4.74 Å². The second-order valence-electron chi connectivity index (χ2n) is 4.28. The maximum absolute atomic E-state index is 5.86. The second kappa shape index (κ2) is 5.00. The highest BCUT2D eigenvalue weighted by Crippen LogP contribution is 2.34. The molecule has 2 aromatic rings. The molecular weight excluding hydrogens is 224 g/mol. The van der Waals surface area contributed by atoms with Crippen molar-refractivity contribution in [2.45, 2.75) is 6.92 Å². The van der Waals surface area contributed by atoms with E-state index in [1.165, 1.54) is 5.56 Å². The summed E-state index contributed by atoms with van der Waals surface area (Å²) in [6.07, 6.45) is 0. The van der Waals surface area contributed by atoms with Crippen LogP contribution in [0.1, 0.15) is 5.56 Å². The van der Waals surface area contributed by atoms with E-state index in [2.05, 4.69) is 11.8 Å². The minimum absolute atomic E-state index is 0.761. The van der Waals surface area contributed by atoms with Gasteiger partial charge in [-0.25, -0.2) is 0 Å². The van der Waals surface area contributed by atoms with Crippen LogP contribution < -0.4 is 15.4 Å². The number of hydrogen-bond acceptors (Lipinski definition) is 3. The molecule has 0 saturated carbocycles. The van der Waals surface area contributed by atoms with Crippen LogP contribution in [-0.2, 0) is 0 Å². The minimum atomic E-state index is 0.761. The summed E-state index contributed by atoms with van der Waals surface area (Å²) in [7, 11) is 3.69. The third-order valence-corrected chi connectivity index (χ3v) is 3.04. The summed E-state index contributed by atoms with van der Waals surface area (Å²) in [6, 6.07) is 13.8. The van der Waals surface area contributed by atoms with Gasteiger partial charge in [0.1, 0.15) is 5.75 Å². The Morgan fingerprint density at radius 3 is 2.50 bits per heavy atom. The molecule has 94 valence electrons. The van der Waals surface area contributed by atoms with Crippen molar-refractivity contribution in [1.29, 1.82) is 0 Å². The van der Waals surface area contributed by atoms with Crippen molar-refractivity contribution >= 4 is 17.1 Å². The van der Waals surface area contributed by atoms with Crippen LogP contribution in [0.3, 0.4) is 0 Å². The number of anilines is 3. The van der Waals surface area contributed by atoms with Gasteiger partial charge in [0.2, 0.25) is 0 Å². The van der Waals surface area contributed by atoms with Crippen LogP contribution in [0.15, 0.2) is 42.5 Å². The van der Waals surface area contributed by atoms with Crippen LogP contribution >= 0.6 is 0 Å². The van der Waals surface area contributed by atoms with Gasteiger partial charge >= 0.3 is 0 Å². The van der Waals surface area contributed by atoms with Crippen molar-refractivity contribution in [2.24, 2.45) is 0 Å². The number of methoxy groups -OCH3 is 1. The maximum atomic E-state index is 5.86. The van der Waals surface area contributed by atoms with Crippen molar-refractivity contribution in [1.82, 2.24) is 0 Å². The van der Waals surface area contributed by atoms with Crippen LogP contribution in [0.25, 0.3) is 0 Å². The van der Waals surface area contributed by atoms with Gasteiger partial charge in [0.15, 0.2) is 0 Å². The number of benzene rings is 2. The molecule has 0 aromatic heterocycles. The van der Waals surface area contributed by atoms with Gasteiger partial charge in [-0.15, -0.1) is 0 Å². The second-order valence-corrected chi connectivity index (χ2v) is 4.28. The van der Waals surface area contributed by atoms with E-state index in [1.54, 1.807) is 7.11 Å². The Hall–Kier alpha value is -2.16. The smallest absolute Gasteiger partial charge is 0.142 e. The number of nitrogens with zero attached hydrogens (tertiary/aromatic N) is 1. The monoisotopic (exact) mass is 242 g/mol. The van der Waals surface area contributed by atoms with Crippen LogP contribution in [0.5, 0.6) is 5.75 Å². The molecule has 18 heavy (non-hydrogen) atoms. The standard InChI is InChI=1S/C15H18N2O/c1-11-8-9-12(16)10-14(11)17(2)13-6-4-5-7-15(13)18-3/h4-10H,16H2,1-3H3. The Balaban J connectivity index is 2.47. The molecule has 0 heterocycles. The molecule has 3 heteroatoms. The van der Waals surface area contributed by atoms with Gasteiger partial charge in [0.25, 0.3) is 0 Å². The van der Waals surface area contributed by atoms with Gasteiger partial charge in [-0.05, 0) is 36.8 Å². The third kappa shape index (κ3) is 2.25. The molecule has 0 spiro atoms. The number of nitrogen functional groups attached to an aromatic ring is 1. The zero-order valence-electron chi connectivity index (χ0n) is 11.0. The third-order valence-electron chi connectivity index (χ3n) is 3.04. The van der Waals surface area contributed by atoms with Gasteiger partial charge in [0, 0.05) is 18.4 Å². The fourth-order valence-corrected chi connectivity index (χ4v) is 2.02. The number of ether oxygens (including phenoxy) is 1. The molecule has 2 aromatic carbocycles. The molecule has 0 saturated heterocycles. The average molecular weight is 242 g/mol. The Labute approximate surface area is 108 Å². The predicted molar refractivity (Wildman–Crippen MR) is 76.6 cm³/mol. The Morgan fingerprint density at radius 1 is 1.06 bits per heavy atom. The summed E-state index contributed by atoms with van der Waals surface area (Å²) in [6.45, 7) is 2.07. The molecular formula is C15H18N2O. The molecule has 0 amide bonds. The number of nitrogens with two attached hydrogens (primary N) is 1. The predicted octanol–water partition coefficient (Wildman–Crippen LogP) is 3.35. The lowest BCUT2D eigenvalue weighted by Gasteiger charge is -2.23. The first kappa shape index (κ1) is 12.3. The van der Waals surface area contributed by atoms with E-state index in [0.717, 1.165) is 22.8 Å². The number of para-hydroxylation sites is 2. The van der Waals surface area contributed by atoms with Gasteiger partial charge in [-0.1, -0.05) is 18.2 Å². The van der Waals surface area contributed by atoms with Crippen molar-refractivity contribution in [3.63, 3.8) is 0 Å². The average Bonchev–Trinajstić information content (AvgIpc) is 2.40. The van der Waals surface area contributed by atoms with Crippen LogP contribution in [-0.4, -0.2) is 14.2 Å². The molecule has 3 nitrogen and oxygen atoms in total. The lowest BCUT2D eigenvalue weighted by Crippen LogP contribution is -2.12. The van der Waals surface area contributed by atoms with E-state index < -0.39 is 0 Å². The number of rotatable bonds is 3. The fraction of sp³-hybridized carbons (Fsp3) is 0.200. The molecule has 0 aliphatic carbocycles. The topological polar surface area (TPSA) is 38.5 Å². The highest BCUT2D eigenvalue weighted by atomic mass is 16.5. The van der Waals surface area contributed by atoms with Gasteiger partial charge in [-0.3, -0.25) is 0 Å². The SMILES string of the molecule is COc1ccccc1N(C)c1cc(N)ccc1C. The summed E-state index contributed by atoms with van der Waals surface area (Å²) in [5, 5.41) is 0. The van der Waals surface area contributed by atoms with E-state index in [1.807, 2.05) is 49.5 Å². The molecule has 0 atom stereocenters. The number of aryl methyl sites for hydroxylation is 1. The minimum Gasteiger partial charge on any atom is -0.495 e. The number of hydrogen-bond donors (Lipinski definition) is 1. The zero-order valence-corrected chi connectivity index (χ0v) is 11.0. The van der Waals surface area contributed by atoms with Crippen molar-refractivity contribution in [2.75, 3.05) is 24.8 Å². The largest absolute Gasteiger partial charge is 0.495 e. The molecule has 0 unspecified atom stereocenters. The molecule has 0 bridgehead atoms. The molecule has 0 fully saturated rings. The summed E-state index contributed by atoms with van der Waals surface area (Å²) in [4.78, 5) is 2.09. The normalized spacial score (nSPS) is 10.2. The highest BCUT2D eigenvalue weighted by Gasteiger charge is 2.11. The molecule has 2 N–H and O–H groups in total. The Bertz CT molecular complexity index is 552.